The molecule has 0 unspecified atom stereocenters. The molecule has 1 amide bonds. The monoisotopic (exact) mass is 296 g/mol. The molecular formula is C17H16N2O3. The Morgan fingerprint density at radius 3 is 2.59 bits per heavy atom. The zero-order valence-electron chi connectivity index (χ0n) is 12.2. The average molecular weight is 296 g/mol. The maximum atomic E-state index is 11.8. The van der Waals surface area contributed by atoms with Crippen molar-refractivity contribution in [3.8, 4) is 17.6 Å². The summed E-state index contributed by atoms with van der Waals surface area (Å²) in [6.07, 6.45) is 0. The van der Waals surface area contributed by atoms with Gasteiger partial charge in [-0.2, -0.15) is 5.26 Å². The normalized spacial score (nSPS) is 9.64. The van der Waals surface area contributed by atoms with Crippen LogP contribution in [-0.4, -0.2) is 19.1 Å². The first-order chi connectivity index (χ1) is 10.7. The van der Waals surface area contributed by atoms with Crippen molar-refractivity contribution < 1.29 is 14.3 Å². The van der Waals surface area contributed by atoms with Crippen LogP contribution >= 0.6 is 0 Å². The summed E-state index contributed by atoms with van der Waals surface area (Å²) in [5.41, 5.74) is 1.05. The Morgan fingerprint density at radius 1 is 1.14 bits per heavy atom. The van der Waals surface area contributed by atoms with E-state index in [1.165, 1.54) is 0 Å². The van der Waals surface area contributed by atoms with E-state index >= 15 is 0 Å². The molecule has 0 aliphatic carbocycles. The van der Waals surface area contributed by atoms with Crippen LogP contribution in [0, 0.1) is 11.3 Å². The number of benzene rings is 2. The zero-order chi connectivity index (χ0) is 15.8. The Hall–Kier alpha value is -3.00. The number of ether oxygens (including phenoxy) is 2. The predicted octanol–water partition coefficient (Wildman–Crippen LogP) is 2.97. The molecule has 0 bridgehead atoms. The topological polar surface area (TPSA) is 71.3 Å². The second-order valence-corrected chi connectivity index (χ2v) is 4.44. The Morgan fingerprint density at radius 2 is 1.86 bits per heavy atom. The number of carbonyl (C=O) groups excluding carboxylic acids is 1. The van der Waals surface area contributed by atoms with Crippen LogP contribution in [0.25, 0.3) is 0 Å². The third-order valence-electron chi connectivity index (χ3n) is 2.76. The van der Waals surface area contributed by atoms with Gasteiger partial charge >= 0.3 is 0 Å². The van der Waals surface area contributed by atoms with Gasteiger partial charge in [0.25, 0.3) is 5.91 Å². The Labute approximate surface area is 129 Å². The van der Waals surface area contributed by atoms with Crippen molar-refractivity contribution in [1.82, 2.24) is 0 Å². The van der Waals surface area contributed by atoms with E-state index in [9.17, 15) is 4.79 Å². The van der Waals surface area contributed by atoms with Gasteiger partial charge in [-0.3, -0.25) is 4.79 Å². The lowest BCUT2D eigenvalue weighted by Crippen LogP contribution is -2.20. The van der Waals surface area contributed by atoms with Gasteiger partial charge in [0, 0.05) is 11.8 Å². The van der Waals surface area contributed by atoms with Crippen molar-refractivity contribution in [2.45, 2.75) is 6.92 Å². The molecule has 0 saturated carbocycles. The van der Waals surface area contributed by atoms with Crippen LogP contribution in [0.4, 0.5) is 5.69 Å². The van der Waals surface area contributed by atoms with Gasteiger partial charge in [-0.15, -0.1) is 0 Å². The van der Waals surface area contributed by atoms with Crippen molar-refractivity contribution in [1.29, 1.82) is 5.26 Å². The van der Waals surface area contributed by atoms with Gasteiger partial charge in [0.15, 0.2) is 6.61 Å². The van der Waals surface area contributed by atoms with Crippen LogP contribution in [-0.2, 0) is 4.79 Å². The van der Waals surface area contributed by atoms with Crippen LogP contribution in [0.2, 0.25) is 0 Å². The van der Waals surface area contributed by atoms with E-state index in [4.69, 9.17) is 14.7 Å². The fourth-order valence-electron chi connectivity index (χ4n) is 1.83. The van der Waals surface area contributed by atoms with E-state index in [2.05, 4.69) is 5.32 Å². The first kappa shape index (κ1) is 15.4. The average Bonchev–Trinajstić information content (AvgIpc) is 2.54. The molecule has 112 valence electrons. The standard InChI is InChI=1S/C17H16N2O3/c1-2-21-15-7-4-8-16(10-15)22-12-17(20)19-14-6-3-5-13(9-14)11-18/h3-10H,2,12H2,1H3,(H,19,20). The van der Waals surface area contributed by atoms with Crippen molar-refractivity contribution in [2.75, 3.05) is 18.5 Å². The van der Waals surface area contributed by atoms with E-state index in [1.807, 2.05) is 19.1 Å². The summed E-state index contributed by atoms with van der Waals surface area (Å²) >= 11 is 0. The molecule has 0 aliphatic rings. The lowest BCUT2D eigenvalue weighted by atomic mass is 10.2. The van der Waals surface area contributed by atoms with E-state index in [0.29, 0.717) is 29.4 Å². The van der Waals surface area contributed by atoms with Crippen molar-refractivity contribution in [3.63, 3.8) is 0 Å². The smallest absolute Gasteiger partial charge is 0.262 e. The third-order valence-corrected chi connectivity index (χ3v) is 2.76. The van der Waals surface area contributed by atoms with Gasteiger partial charge in [-0.25, -0.2) is 0 Å². The van der Waals surface area contributed by atoms with E-state index < -0.39 is 0 Å². The first-order valence-corrected chi connectivity index (χ1v) is 6.87. The first-order valence-electron chi connectivity index (χ1n) is 6.87. The van der Waals surface area contributed by atoms with E-state index in [0.717, 1.165) is 0 Å². The molecule has 1 N–H and O–H groups in total. The summed E-state index contributed by atoms with van der Waals surface area (Å²) in [5, 5.41) is 11.5. The highest BCUT2D eigenvalue weighted by Gasteiger charge is 2.05. The number of amides is 1. The molecule has 5 heteroatoms. The Kier molecular flexibility index (Phi) is 5.38. The molecule has 0 radical (unpaired) electrons. The lowest BCUT2D eigenvalue weighted by molar-refractivity contribution is -0.118. The van der Waals surface area contributed by atoms with Crippen molar-refractivity contribution in [3.05, 3.63) is 54.1 Å². The molecule has 0 aliphatic heterocycles. The fourth-order valence-corrected chi connectivity index (χ4v) is 1.83. The number of anilines is 1. The number of rotatable bonds is 6. The van der Waals surface area contributed by atoms with Crippen LogP contribution in [0.1, 0.15) is 12.5 Å². The number of nitriles is 1. The summed E-state index contributed by atoms with van der Waals surface area (Å²) < 4.78 is 10.8. The Balaban J connectivity index is 1.90. The van der Waals surface area contributed by atoms with Gasteiger partial charge < -0.3 is 14.8 Å². The van der Waals surface area contributed by atoms with Crippen LogP contribution in [0.5, 0.6) is 11.5 Å². The van der Waals surface area contributed by atoms with Crippen LogP contribution < -0.4 is 14.8 Å². The second-order valence-electron chi connectivity index (χ2n) is 4.44. The minimum absolute atomic E-state index is 0.119. The highest BCUT2D eigenvalue weighted by atomic mass is 16.5. The van der Waals surface area contributed by atoms with E-state index in [-0.39, 0.29) is 12.5 Å². The van der Waals surface area contributed by atoms with Crippen LogP contribution in [0.15, 0.2) is 48.5 Å². The van der Waals surface area contributed by atoms with Gasteiger partial charge in [-0.05, 0) is 37.3 Å². The molecule has 0 atom stereocenters. The SMILES string of the molecule is CCOc1cccc(OCC(=O)Nc2cccc(C#N)c2)c1. The summed E-state index contributed by atoms with van der Waals surface area (Å²) in [5.74, 6) is 0.964. The van der Waals surface area contributed by atoms with Gasteiger partial charge in [-0.1, -0.05) is 12.1 Å². The fraction of sp³-hybridized carbons (Fsp3) is 0.176. The molecule has 0 spiro atoms. The number of nitrogens with one attached hydrogen (secondary N) is 1. The maximum Gasteiger partial charge on any atom is 0.262 e. The van der Waals surface area contributed by atoms with Gasteiger partial charge in [0.2, 0.25) is 0 Å². The van der Waals surface area contributed by atoms with Crippen molar-refractivity contribution in [2.24, 2.45) is 0 Å². The van der Waals surface area contributed by atoms with Gasteiger partial charge in [0.05, 0.1) is 18.2 Å². The summed E-state index contributed by atoms with van der Waals surface area (Å²) in [6, 6.07) is 15.8. The molecule has 0 saturated heterocycles. The molecule has 0 heterocycles. The lowest BCUT2D eigenvalue weighted by Gasteiger charge is -2.09. The summed E-state index contributed by atoms with van der Waals surface area (Å²) in [7, 11) is 0. The summed E-state index contributed by atoms with van der Waals surface area (Å²) in [4.78, 5) is 11.8. The minimum atomic E-state index is -0.295. The summed E-state index contributed by atoms with van der Waals surface area (Å²) in [6.45, 7) is 2.35. The second kappa shape index (κ2) is 7.70. The quantitative estimate of drug-likeness (QED) is 0.889. The number of carbonyl (C=O) groups is 1. The number of hydrogen-bond acceptors (Lipinski definition) is 4. The minimum Gasteiger partial charge on any atom is -0.494 e. The molecule has 0 fully saturated rings. The zero-order valence-corrected chi connectivity index (χ0v) is 12.2. The molecule has 2 aromatic rings. The Bertz CT molecular complexity index is 692. The molecule has 2 rings (SSSR count). The molecule has 0 aromatic heterocycles. The van der Waals surface area contributed by atoms with Crippen molar-refractivity contribution >= 4 is 11.6 Å². The van der Waals surface area contributed by atoms with Crippen LogP contribution in [0.3, 0.4) is 0 Å². The van der Waals surface area contributed by atoms with E-state index in [1.54, 1.807) is 42.5 Å². The molecule has 22 heavy (non-hydrogen) atoms. The molecular weight excluding hydrogens is 280 g/mol. The third kappa shape index (κ3) is 4.53. The predicted molar refractivity (Wildman–Crippen MR) is 82.9 cm³/mol. The molecule has 2 aromatic carbocycles. The highest BCUT2D eigenvalue weighted by molar-refractivity contribution is 5.92. The number of hydrogen-bond donors (Lipinski definition) is 1. The number of nitrogens with zero attached hydrogens (tertiary/aromatic N) is 1. The highest BCUT2D eigenvalue weighted by Crippen LogP contribution is 2.19. The van der Waals surface area contributed by atoms with Gasteiger partial charge in [0.1, 0.15) is 11.5 Å². The maximum absolute atomic E-state index is 11.8. The molecule has 5 nitrogen and oxygen atoms in total. The largest absolute Gasteiger partial charge is 0.494 e.